The molecule has 1 heterocycles. The standard InChI is InChI=1S/C15H26N2O2/c1-4-17-15(9-16,13-5-6-13)10-18-14-7-11(2)19-12(3)8-14/h11-14,17H,4-8,10H2,1-3H3. The molecule has 2 rings (SSSR count). The van der Waals surface area contributed by atoms with Crippen LogP contribution in [-0.2, 0) is 9.47 Å². The third kappa shape index (κ3) is 3.68. The minimum absolute atomic E-state index is 0.226. The van der Waals surface area contributed by atoms with Gasteiger partial charge in [0, 0.05) is 0 Å². The number of ether oxygens (including phenoxy) is 2. The summed E-state index contributed by atoms with van der Waals surface area (Å²) >= 11 is 0. The summed E-state index contributed by atoms with van der Waals surface area (Å²) < 4.78 is 11.8. The highest BCUT2D eigenvalue weighted by Crippen LogP contribution is 2.40. The monoisotopic (exact) mass is 266 g/mol. The van der Waals surface area contributed by atoms with Gasteiger partial charge in [0.2, 0.25) is 0 Å². The van der Waals surface area contributed by atoms with Crippen molar-refractivity contribution in [1.82, 2.24) is 5.32 Å². The van der Waals surface area contributed by atoms with Gasteiger partial charge in [0.25, 0.3) is 0 Å². The Hall–Kier alpha value is -0.630. The Morgan fingerprint density at radius 3 is 2.42 bits per heavy atom. The predicted octanol–water partition coefficient (Wildman–Crippen LogP) is 2.24. The minimum atomic E-state index is -0.473. The van der Waals surface area contributed by atoms with Gasteiger partial charge in [0.05, 0.1) is 31.0 Å². The van der Waals surface area contributed by atoms with Crippen LogP contribution >= 0.6 is 0 Å². The maximum Gasteiger partial charge on any atom is 0.133 e. The molecule has 1 aliphatic heterocycles. The molecule has 0 spiro atoms. The molecule has 1 N–H and O–H groups in total. The van der Waals surface area contributed by atoms with E-state index in [-0.39, 0.29) is 18.3 Å². The minimum Gasteiger partial charge on any atom is -0.375 e. The molecule has 2 fully saturated rings. The number of nitrogens with one attached hydrogen (secondary N) is 1. The molecule has 19 heavy (non-hydrogen) atoms. The Balaban J connectivity index is 1.90. The van der Waals surface area contributed by atoms with Gasteiger partial charge in [-0.25, -0.2) is 0 Å². The van der Waals surface area contributed by atoms with Gasteiger partial charge in [0.1, 0.15) is 5.54 Å². The van der Waals surface area contributed by atoms with Gasteiger partial charge < -0.3 is 9.47 Å². The van der Waals surface area contributed by atoms with Gasteiger partial charge in [-0.3, -0.25) is 5.32 Å². The third-order valence-electron chi connectivity index (χ3n) is 4.17. The Kier molecular flexibility index (Phi) is 4.83. The molecule has 1 aliphatic carbocycles. The van der Waals surface area contributed by atoms with E-state index in [1.54, 1.807) is 0 Å². The molecule has 0 aromatic carbocycles. The Bertz CT molecular complexity index is 328. The first-order valence-corrected chi connectivity index (χ1v) is 7.53. The first-order chi connectivity index (χ1) is 9.09. The van der Waals surface area contributed by atoms with Crippen LogP contribution in [0.15, 0.2) is 0 Å². The summed E-state index contributed by atoms with van der Waals surface area (Å²) in [6.07, 6.45) is 4.89. The van der Waals surface area contributed by atoms with Crippen LogP contribution in [0.1, 0.15) is 46.5 Å². The van der Waals surface area contributed by atoms with E-state index in [9.17, 15) is 5.26 Å². The summed E-state index contributed by atoms with van der Waals surface area (Å²) in [6.45, 7) is 7.55. The van der Waals surface area contributed by atoms with E-state index < -0.39 is 5.54 Å². The summed E-state index contributed by atoms with van der Waals surface area (Å²) in [5.74, 6) is 0.465. The van der Waals surface area contributed by atoms with Crippen LogP contribution < -0.4 is 5.32 Å². The second kappa shape index (κ2) is 6.21. The average molecular weight is 266 g/mol. The van der Waals surface area contributed by atoms with Gasteiger partial charge in [-0.1, -0.05) is 6.92 Å². The number of hydrogen-bond donors (Lipinski definition) is 1. The summed E-state index contributed by atoms with van der Waals surface area (Å²) in [5, 5.41) is 12.9. The largest absolute Gasteiger partial charge is 0.375 e. The molecule has 0 radical (unpaired) electrons. The van der Waals surface area contributed by atoms with E-state index >= 15 is 0 Å². The zero-order valence-electron chi connectivity index (χ0n) is 12.3. The molecular formula is C15H26N2O2. The highest BCUT2D eigenvalue weighted by Gasteiger charge is 2.46. The molecule has 0 aromatic rings. The summed E-state index contributed by atoms with van der Waals surface area (Å²) in [7, 11) is 0. The first-order valence-electron chi connectivity index (χ1n) is 7.53. The molecule has 0 bridgehead atoms. The topological polar surface area (TPSA) is 54.3 Å². The number of nitriles is 1. The highest BCUT2D eigenvalue weighted by molar-refractivity contribution is 5.15. The van der Waals surface area contributed by atoms with Crippen molar-refractivity contribution in [2.75, 3.05) is 13.2 Å². The van der Waals surface area contributed by atoms with E-state index in [0.717, 1.165) is 32.2 Å². The lowest BCUT2D eigenvalue weighted by atomic mass is 9.95. The quantitative estimate of drug-likeness (QED) is 0.801. The molecule has 0 aromatic heterocycles. The number of rotatable bonds is 6. The molecule has 3 unspecified atom stereocenters. The van der Waals surface area contributed by atoms with Crippen molar-refractivity contribution < 1.29 is 9.47 Å². The number of nitrogens with zero attached hydrogens (tertiary/aromatic N) is 1. The van der Waals surface area contributed by atoms with Crippen LogP contribution in [0.5, 0.6) is 0 Å². The molecule has 3 atom stereocenters. The fraction of sp³-hybridized carbons (Fsp3) is 0.933. The maximum absolute atomic E-state index is 9.53. The maximum atomic E-state index is 9.53. The molecule has 4 nitrogen and oxygen atoms in total. The van der Waals surface area contributed by atoms with E-state index in [1.165, 1.54) is 0 Å². The van der Waals surface area contributed by atoms with Gasteiger partial charge in [-0.2, -0.15) is 5.26 Å². The lowest BCUT2D eigenvalue weighted by Crippen LogP contribution is -2.51. The summed E-state index contributed by atoms with van der Waals surface area (Å²) in [4.78, 5) is 0. The zero-order valence-corrected chi connectivity index (χ0v) is 12.3. The van der Waals surface area contributed by atoms with Crippen molar-refractivity contribution in [3.63, 3.8) is 0 Å². The SMILES string of the molecule is CCNC(C#N)(COC1CC(C)OC(C)C1)C1CC1. The summed E-state index contributed by atoms with van der Waals surface area (Å²) in [6, 6.07) is 2.47. The average Bonchev–Trinajstić information content (AvgIpc) is 3.18. The lowest BCUT2D eigenvalue weighted by molar-refractivity contribution is -0.108. The van der Waals surface area contributed by atoms with Gasteiger partial charge in [-0.15, -0.1) is 0 Å². The lowest BCUT2D eigenvalue weighted by Gasteiger charge is -2.35. The Morgan fingerprint density at radius 2 is 1.95 bits per heavy atom. The van der Waals surface area contributed by atoms with Crippen molar-refractivity contribution in [3.05, 3.63) is 0 Å². The number of hydrogen-bond acceptors (Lipinski definition) is 4. The normalized spacial score (nSPS) is 34.5. The molecule has 4 heteroatoms. The van der Waals surface area contributed by atoms with Gasteiger partial charge in [0.15, 0.2) is 0 Å². The van der Waals surface area contributed by atoms with E-state index in [4.69, 9.17) is 9.47 Å². The van der Waals surface area contributed by atoms with E-state index in [1.807, 2.05) is 6.92 Å². The zero-order chi connectivity index (χ0) is 13.9. The Morgan fingerprint density at radius 1 is 1.32 bits per heavy atom. The van der Waals surface area contributed by atoms with Gasteiger partial charge in [-0.05, 0) is 52.0 Å². The molecule has 0 amide bonds. The van der Waals surface area contributed by atoms with Gasteiger partial charge >= 0.3 is 0 Å². The van der Waals surface area contributed by atoms with Crippen molar-refractivity contribution in [2.45, 2.75) is 70.3 Å². The van der Waals surface area contributed by atoms with Crippen molar-refractivity contribution in [3.8, 4) is 6.07 Å². The Labute approximate surface area is 116 Å². The van der Waals surface area contributed by atoms with Crippen LogP contribution in [0, 0.1) is 17.2 Å². The van der Waals surface area contributed by atoms with Crippen molar-refractivity contribution in [1.29, 1.82) is 5.26 Å². The molecule has 1 saturated carbocycles. The smallest absolute Gasteiger partial charge is 0.133 e. The second-order valence-corrected chi connectivity index (χ2v) is 6.05. The van der Waals surface area contributed by atoms with Crippen molar-refractivity contribution >= 4 is 0 Å². The van der Waals surface area contributed by atoms with Crippen LogP contribution in [0.2, 0.25) is 0 Å². The van der Waals surface area contributed by atoms with Crippen LogP contribution in [0.3, 0.4) is 0 Å². The molecule has 2 aliphatic rings. The van der Waals surface area contributed by atoms with Crippen LogP contribution in [0.4, 0.5) is 0 Å². The number of likely N-dealkylation sites (N-methyl/N-ethyl adjacent to an activating group) is 1. The molecular weight excluding hydrogens is 240 g/mol. The third-order valence-corrected chi connectivity index (χ3v) is 4.17. The van der Waals surface area contributed by atoms with Crippen LogP contribution in [0.25, 0.3) is 0 Å². The highest BCUT2D eigenvalue weighted by atomic mass is 16.5. The fourth-order valence-corrected chi connectivity index (χ4v) is 3.10. The first kappa shape index (κ1) is 14.8. The molecule has 1 saturated heterocycles. The summed E-state index contributed by atoms with van der Waals surface area (Å²) in [5.41, 5.74) is -0.473. The van der Waals surface area contributed by atoms with Crippen LogP contribution in [-0.4, -0.2) is 37.0 Å². The second-order valence-electron chi connectivity index (χ2n) is 6.05. The fourth-order valence-electron chi connectivity index (χ4n) is 3.10. The molecule has 108 valence electrons. The van der Waals surface area contributed by atoms with E-state index in [2.05, 4.69) is 25.2 Å². The van der Waals surface area contributed by atoms with Crippen molar-refractivity contribution in [2.24, 2.45) is 5.92 Å². The van der Waals surface area contributed by atoms with E-state index in [0.29, 0.717) is 12.5 Å². The predicted molar refractivity (Wildman–Crippen MR) is 73.7 cm³/mol.